The van der Waals surface area contributed by atoms with Gasteiger partial charge < -0.3 is 5.11 Å². The standard InChI is InChI=1S/C16H18N2OS/c1-12-3-2-4-13(9-12)5-6-15(19)10-14-11-18-7-8-20-16(18)17-14/h2-4,7-9,11,15,19H,5-6,10H2,1H3. The molecule has 0 amide bonds. The van der Waals surface area contributed by atoms with Gasteiger partial charge in [-0.2, -0.15) is 0 Å². The monoisotopic (exact) mass is 286 g/mol. The van der Waals surface area contributed by atoms with E-state index < -0.39 is 0 Å². The topological polar surface area (TPSA) is 37.5 Å². The van der Waals surface area contributed by atoms with Crippen LogP contribution in [0.15, 0.2) is 42.0 Å². The molecule has 3 aromatic rings. The maximum absolute atomic E-state index is 10.2. The van der Waals surface area contributed by atoms with Crippen LogP contribution in [-0.2, 0) is 12.8 Å². The van der Waals surface area contributed by atoms with E-state index in [1.54, 1.807) is 11.3 Å². The number of fused-ring (bicyclic) bond motifs is 1. The van der Waals surface area contributed by atoms with Crippen molar-refractivity contribution in [1.82, 2.24) is 9.38 Å². The fraction of sp³-hybridized carbons (Fsp3) is 0.312. The summed E-state index contributed by atoms with van der Waals surface area (Å²) in [4.78, 5) is 5.49. The van der Waals surface area contributed by atoms with E-state index in [1.165, 1.54) is 11.1 Å². The van der Waals surface area contributed by atoms with Crippen LogP contribution in [0.5, 0.6) is 0 Å². The van der Waals surface area contributed by atoms with E-state index in [0.29, 0.717) is 6.42 Å². The largest absolute Gasteiger partial charge is 0.393 e. The molecule has 0 saturated carbocycles. The second-order valence-corrected chi connectivity index (χ2v) is 6.08. The van der Waals surface area contributed by atoms with Crippen molar-refractivity contribution in [3.63, 3.8) is 0 Å². The number of rotatable bonds is 5. The smallest absolute Gasteiger partial charge is 0.193 e. The van der Waals surface area contributed by atoms with Crippen molar-refractivity contribution in [2.75, 3.05) is 0 Å². The van der Waals surface area contributed by atoms with Crippen molar-refractivity contribution >= 4 is 16.3 Å². The third-order valence-corrected chi connectivity index (χ3v) is 4.21. The molecule has 2 aromatic heterocycles. The van der Waals surface area contributed by atoms with E-state index >= 15 is 0 Å². The number of hydrogen-bond donors (Lipinski definition) is 1. The Kier molecular flexibility index (Phi) is 3.85. The number of aromatic nitrogens is 2. The summed E-state index contributed by atoms with van der Waals surface area (Å²) in [5, 5.41) is 12.2. The summed E-state index contributed by atoms with van der Waals surface area (Å²) < 4.78 is 2.01. The van der Waals surface area contributed by atoms with Gasteiger partial charge in [-0.25, -0.2) is 4.98 Å². The molecule has 1 unspecified atom stereocenters. The van der Waals surface area contributed by atoms with E-state index in [4.69, 9.17) is 0 Å². The molecule has 20 heavy (non-hydrogen) atoms. The van der Waals surface area contributed by atoms with Crippen molar-refractivity contribution in [3.05, 3.63) is 58.9 Å². The van der Waals surface area contributed by atoms with Gasteiger partial charge in [0.1, 0.15) is 0 Å². The van der Waals surface area contributed by atoms with Crippen molar-refractivity contribution < 1.29 is 5.11 Å². The molecule has 0 radical (unpaired) electrons. The molecule has 0 bridgehead atoms. The minimum atomic E-state index is -0.333. The maximum Gasteiger partial charge on any atom is 0.193 e. The molecule has 2 heterocycles. The van der Waals surface area contributed by atoms with Crippen LogP contribution >= 0.6 is 11.3 Å². The molecular weight excluding hydrogens is 268 g/mol. The van der Waals surface area contributed by atoms with Crippen LogP contribution in [0.25, 0.3) is 4.96 Å². The summed E-state index contributed by atoms with van der Waals surface area (Å²) in [5.74, 6) is 0. The normalized spacial score (nSPS) is 12.9. The number of hydrogen-bond acceptors (Lipinski definition) is 3. The van der Waals surface area contributed by atoms with Gasteiger partial charge in [-0.3, -0.25) is 4.40 Å². The van der Waals surface area contributed by atoms with Crippen LogP contribution in [0, 0.1) is 6.92 Å². The molecule has 0 saturated heterocycles. The van der Waals surface area contributed by atoms with Crippen LogP contribution < -0.4 is 0 Å². The highest BCUT2D eigenvalue weighted by atomic mass is 32.1. The molecule has 0 spiro atoms. The second kappa shape index (κ2) is 5.77. The Balaban J connectivity index is 1.57. The van der Waals surface area contributed by atoms with Crippen LogP contribution in [0.4, 0.5) is 0 Å². The first-order chi connectivity index (χ1) is 9.70. The number of aliphatic hydroxyl groups excluding tert-OH is 1. The molecule has 1 N–H and O–H groups in total. The zero-order valence-corrected chi connectivity index (χ0v) is 12.3. The minimum Gasteiger partial charge on any atom is -0.393 e. The minimum absolute atomic E-state index is 0.333. The Morgan fingerprint density at radius 2 is 2.30 bits per heavy atom. The number of imidazole rings is 1. The second-order valence-electron chi connectivity index (χ2n) is 5.21. The summed E-state index contributed by atoms with van der Waals surface area (Å²) >= 11 is 1.62. The summed E-state index contributed by atoms with van der Waals surface area (Å²) in [5.41, 5.74) is 3.52. The van der Waals surface area contributed by atoms with Crippen molar-refractivity contribution in [2.45, 2.75) is 32.3 Å². The highest BCUT2D eigenvalue weighted by Crippen LogP contribution is 2.14. The van der Waals surface area contributed by atoms with Gasteiger partial charge in [0.15, 0.2) is 4.96 Å². The first-order valence-electron chi connectivity index (χ1n) is 6.85. The van der Waals surface area contributed by atoms with Gasteiger partial charge in [0.2, 0.25) is 0 Å². The average Bonchev–Trinajstić information content (AvgIpc) is 2.97. The number of aliphatic hydroxyl groups is 1. The predicted molar refractivity (Wildman–Crippen MR) is 82.3 cm³/mol. The number of nitrogens with zero attached hydrogens (tertiary/aromatic N) is 2. The quantitative estimate of drug-likeness (QED) is 0.782. The Bertz CT molecular complexity index is 673. The third kappa shape index (κ3) is 3.08. The molecule has 1 atom stereocenters. The van der Waals surface area contributed by atoms with Crippen LogP contribution in [-0.4, -0.2) is 20.6 Å². The van der Waals surface area contributed by atoms with Crippen LogP contribution in [0.2, 0.25) is 0 Å². The highest BCUT2D eigenvalue weighted by molar-refractivity contribution is 7.15. The Morgan fingerprint density at radius 1 is 1.40 bits per heavy atom. The summed E-state index contributed by atoms with van der Waals surface area (Å²) in [7, 11) is 0. The third-order valence-electron chi connectivity index (χ3n) is 3.44. The Hall–Kier alpha value is -1.65. The summed E-state index contributed by atoms with van der Waals surface area (Å²) in [6.45, 7) is 2.10. The van der Waals surface area contributed by atoms with E-state index in [0.717, 1.165) is 23.5 Å². The molecule has 0 aliphatic carbocycles. The van der Waals surface area contributed by atoms with Gasteiger partial charge in [0.05, 0.1) is 11.8 Å². The average molecular weight is 286 g/mol. The van der Waals surface area contributed by atoms with Gasteiger partial charge in [0, 0.05) is 24.2 Å². The molecule has 4 heteroatoms. The summed E-state index contributed by atoms with van der Waals surface area (Å²) in [6.07, 6.45) is 5.97. The lowest BCUT2D eigenvalue weighted by molar-refractivity contribution is 0.164. The lowest BCUT2D eigenvalue weighted by Gasteiger charge is -2.09. The first kappa shape index (κ1) is 13.3. The number of benzene rings is 1. The Morgan fingerprint density at radius 3 is 3.10 bits per heavy atom. The first-order valence-corrected chi connectivity index (χ1v) is 7.73. The van der Waals surface area contributed by atoms with Gasteiger partial charge in [0.25, 0.3) is 0 Å². The lowest BCUT2D eigenvalue weighted by Crippen LogP contribution is -2.12. The molecule has 1 aromatic carbocycles. The van der Waals surface area contributed by atoms with Gasteiger partial charge in [-0.1, -0.05) is 29.8 Å². The van der Waals surface area contributed by atoms with E-state index in [1.807, 2.05) is 22.2 Å². The number of thiazole rings is 1. The zero-order valence-electron chi connectivity index (χ0n) is 11.5. The van der Waals surface area contributed by atoms with Gasteiger partial charge >= 0.3 is 0 Å². The molecule has 0 aliphatic heterocycles. The van der Waals surface area contributed by atoms with Crippen LogP contribution in [0.3, 0.4) is 0 Å². The van der Waals surface area contributed by atoms with Crippen LogP contribution in [0.1, 0.15) is 23.2 Å². The maximum atomic E-state index is 10.2. The highest BCUT2D eigenvalue weighted by Gasteiger charge is 2.10. The van der Waals surface area contributed by atoms with Gasteiger partial charge in [-0.15, -0.1) is 11.3 Å². The predicted octanol–water partition coefficient (Wildman–Crippen LogP) is 3.24. The Labute approximate surface area is 122 Å². The van der Waals surface area contributed by atoms with Crippen molar-refractivity contribution in [2.24, 2.45) is 0 Å². The molecule has 0 aliphatic rings. The van der Waals surface area contributed by atoms with E-state index in [-0.39, 0.29) is 6.10 Å². The molecule has 0 fully saturated rings. The fourth-order valence-electron chi connectivity index (χ4n) is 2.42. The molecule has 3 rings (SSSR count). The van der Waals surface area contributed by atoms with Crippen molar-refractivity contribution in [1.29, 1.82) is 0 Å². The fourth-order valence-corrected chi connectivity index (χ4v) is 3.14. The van der Waals surface area contributed by atoms with Crippen molar-refractivity contribution in [3.8, 4) is 0 Å². The SMILES string of the molecule is Cc1cccc(CCC(O)Cc2cn3ccsc3n2)c1. The molecular formula is C16H18N2OS. The molecule has 104 valence electrons. The molecule has 3 nitrogen and oxygen atoms in total. The lowest BCUT2D eigenvalue weighted by atomic mass is 10.0. The summed E-state index contributed by atoms with van der Waals surface area (Å²) in [6, 6.07) is 8.46. The van der Waals surface area contributed by atoms with E-state index in [9.17, 15) is 5.11 Å². The van der Waals surface area contributed by atoms with Gasteiger partial charge in [-0.05, 0) is 25.3 Å². The zero-order chi connectivity index (χ0) is 13.9. The van der Waals surface area contributed by atoms with E-state index in [2.05, 4.69) is 36.2 Å². The number of aryl methyl sites for hydroxylation is 2.